The van der Waals surface area contributed by atoms with E-state index in [1.165, 1.54) is 0 Å². The number of aromatic amines is 1. The summed E-state index contributed by atoms with van der Waals surface area (Å²) in [5.41, 5.74) is 7.25. The largest absolute Gasteiger partial charge is 0.491 e. The van der Waals surface area contributed by atoms with Crippen molar-refractivity contribution in [3.05, 3.63) is 27.7 Å². The number of hydrogen-bond donors (Lipinski definition) is 2. The zero-order valence-corrected chi connectivity index (χ0v) is 15.5. The molecule has 0 radical (unpaired) electrons. The third kappa shape index (κ3) is 2.95. The van der Waals surface area contributed by atoms with Gasteiger partial charge in [0, 0.05) is 18.3 Å². The molecule has 1 aliphatic rings. The molecule has 2 aromatic rings. The van der Waals surface area contributed by atoms with Crippen LogP contribution in [0.4, 0.5) is 0 Å². The number of aromatic nitrogens is 3. The highest BCUT2D eigenvalue weighted by molar-refractivity contribution is 6.56. The summed E-state index contributed by atoms with van der Waals surface area (Å²) in [5, 5.41) is 1.06. The number of fused-ring (bicyclic) bond motifs is 1. The fourth-order valence-corrected chi connectivity index (χ4v) is 3.01. The summed E-state index contributed by atoms with van der Waals surface area (Å²) >= 11 is 12.0. The van der Waals surface area contributed by atoms with Crippen LogP contribution in [0.2, 0.25) is 10.4 Å². The van der Waals surface area contributed by atoms with Gasteiger partial charge >= 0.3 is 7.12 Å². The third-order valence-electron chi connectivity index (χ3n) is 4.62. The fourth-order valence-electron chi connectivity index (χ4n) is 2.52. The molecule has 0 spiro atoms. The van der Waals surface area contributed by atoms with Gasteiger partial charge in [-0.1, -0.05) is 17.7 Å². The minimum Gasteiger partial charge on any atom is -0.400 e. The van der Waals surface area contributed by atoms with E-state index in [9.17, 15) is 0 Å². The van der Waals surface area contributed by atoms with Crippen LogP contribution in [0.5, 0.6) is 0 Å². The maximum absolute atomic E-state index is 6.21. The zero-order valence-electron chi connectivity index (χ0n) is 14.0. The van der Waals surface area contributed by atoms with Crippen molar-refractivity contribution >= 4 is 47.4 Å². The van der Waals surface area contributed by atoms with Crippen LogP contribution in [0.15, 0.2) is 11.7 Å². The van der Waals surface area contributed by atoms with Gasteiger partial charge in [-0.3, -0.25) is 0 Å². The summed E-state index contributed by atoms with van der Waals surface area (Å²) in [5.74, 6) is 0. The van der Waals surface area contributed by atoms with E-state index in [-0.39, 0.29) is 17.0 Å². The molecule has 6 nitrogen and oxygen atoms in total. The van der Waals surface area contributed by atoms with Crippen LogP contribution in [-0.2, 0) is 9.31 Å². The summed E-state index contributed by atoms with van der Waals surface area (Å²) in [6, 6.07) is 0. The molecular formula is C15H19BCl2N4O2. The SMILES string of the molecule is CC1(C)OB(C(=Cc2c[nH]c3nc(Cl)nc(Cl)c23)CN)OC1(C)C. The first-order valence-electron chi connectivity index (χ1n) is 7.61. The van der Waals surface area contributed by atoms with Crippen molar-refractivity contribution < 1.29 is 9.31 Å². The van der Waals surface area contributed by atoms with Gasteiger partial charge in [0.05, 0.1) is 16.6 Å². The molecule has 3 N–H and O–H groups in total. The van der Waals surface area contributed by atoms with Crippen molar-refractivity contribution in [2.45, 2.75) is 38.9 Å². The maximum Gasteiger partial charge on any atom is 0.491 e. The van der Waals surface area contributed by atoms with Gasteiger partial charge in [0.25, 0.3) is 0 Å². The van der Waals surface area contributed by atoms with Crippen LogP contribution in [0.1, 0.15) is 33.3 Å². The molecule has 3 heterocycles. The highest BCUT2D eigenvalue weighted by Crippen LogP contribution is 2.39. The number of nitrogens with two attached hydrogens (primary N) is 1. The second-order valence-electron chi connectivity index (χ2n) is 6.76. The Morgan fingerprint density at radius 2 is 1.88 bits per heavy atom. The molecule has 24 heavy (non-hydrogen) atoms. The van der Waals surface area contributed by atoms with Crippen molar-refractivity contribution in [2.24, 2.45) is 5.73 Å². The first-order chi connectivity index (χ1) is 11.1. The van der Waals surface area contributed by atoms with Crippen LogP contribution in [0.25, 0.3) is 17.1 Å². The molecule has 128 valence electrons. The van der Waals surface area contributed by atoms with Gasteiger partial charge in [0.15, 0.2) is 0 Å². The number of rotatable bonds is 3. The lowest BCUT2D eigenvalue weighted by molar-refractivity contribution is 0.00578. The van der Waals surface area contributed by atoms with E-state index in [4.69, 9.17) is 38.2 Å². The number of nitrogens with zero attached hydrogens (tertiary/aromatic N) is 2. The molecule has 3 rings (SSSR count). The van der Waals surface area contributed by atoms with Crippen molar-refractivity contribution in [1.29, 1.82) is 0 Å². The Bertz CT molecular complexity index is 803. The summed E-state index contributed by atoms with van der Waals surface area (Å²) in [6.07, 6.45) is 3.67. The molecule has 1 fully saturated rings. The van der Waals surface area contributed by atoms with Gasteiger partial charge in [0.2, 0.25) is 5.28 Å². The van der Waals surface area contributed by atoms with E-state index in [0.717, 1.165) is 11.0 Å². The lowest BCUT2D eigenvalue weighted by Gasteiger charge is -2.32. The van der Waals surface area contributed by atoms with Gasteiger partial charge < -0.3 is 20.0 Å². The quantitative estimate of drug-likeness (QED) is 0.493. The second kappa shape index (κ2) is 6.00. The third-order valence-corrected chi connectivity index (χ3v) is 5.07. The smallest absolute Gasteiger partial charge is 0.400 e. The van der Waals surface area contributed by atoms with Gasteiger partial charge in [0.1, 0.15) is 10.8 Å². The molecule has 0 atom stereocenters. The highest BCUT2D eigenvalue weighted by Gasteiger charge is 2.52. The van der Waals surface area contributed by atoms with Crippen molar-refractivity contribution in [3.8, 4) is 0 Å². The zero-order chi connectivity index (χ0) is 17.7. The number of nitrogens with one attached hydrogen (secondary N) is 1. The van der Waals surface area contributed by atoms with E-state index in [0.29, 0.717) is 11.0 Å². The predicted molar refractivity (Wildman–Crippen MR) is 97.0 cm³/mol. The van der Waals surface area contributed by atoms with Gasteiger partial charge in [-0.25, -0.2) is 4.98 Å². The molecule has 2 aromatic heterocycles. The average molecular weight is 369 g/mol. The molecule has 0 aliphatic carbocycles. The van der Waals surface area contributed by atoms with E-state index in [2.05, 4.69) is 15.0 Å². The van der Waals surface area contributed by atoms with Crippen molar-refractivity contribution in [1.82, 2.24) is 15.0 Å². The molecule has 0 unspecified atom stereocenters. The van der Waals surface area contributed by atoms with E-state index >= 15 is 0 Å². The molecule has 0 aromatic carbocycles. The number of hydrogen-bond acceptors (Lipinski definition) is 5. The minimum absolute atomic E-state index is 0.0925. The normalized spacial score (nSPS) is 20.1. The fraction of sp³-hybridized carbons (Fsp3) is 0.467. The Balaban J connectivity index is 2.01. The topological polar surface area (TPSA) is 86.0 Å². The lowest BCUT2D eigenvalue weighted by Crippen LogP contribution is -2.41. The van der Waals surface area contributed by atoms with E-state index < -0.39 is 18.3 Å². The van der Waals surface area contributed by atoms with Crippen molar-refractivity contribution in [2.75, 3.05) is 6.54 Å². The first kappa shape index (κ1) is 17.7. The lowest BCUT2D eigenvalue weighted by atomic mass is 9.77. The van der Waals surface area contributed by atoms with Gasteiger partial charge in [-0.2, -0.15) is 4.98 Å². The predicted octanol–water partition coefficient (Wildman–Crippen LogP) is 3.24. The Kier molecular flexibility index (Phi) is 4.43. The molecule has 9 heteroatoms. The van der Waals surface area contributed by atoms with E-state index in [1.54, 1.807) is 6.20 Å². The minimum atomic E-state index is -0.517. The van der Waals surface area contributed by atoms with E-state index in [1.807, 2.05) is 33.8 Å². The summed E-state index contributed by atoms with van der Waals surface area (Å²) in [6.45, 7) is 8.29. The van der Waals surface area contributed by atoms with Crippen LogP contribution in [0, 0.1) is 0 Å². The van der Waals surface area contributed by atoms with Gasteiger partial charge in [-0.15, -0.1) is 0 Å². The molecule has 0 bridgehead atoms. The number of H-pyrrole nitrogens is 1. The molecule has 1 aliphatic heterocycles. The number of halogens is 2. The first-order valence-corrected chi connectivity index (χ1v) is 8.36. The summed E-state index contributed by atoms with van der Waals surface area (Å²) < 4.78 is 12.1. The summed E-state index contributed by atoms with van der Waals surface area (Å²) in [4.78, 5) is 11.1. The van der Waals surface area contributed by atoms with Crippen LogP contribution in [-0.4, -0.2) is 39.8 Å². The Morgan fingerprint density at radius 1 is 1.25 bits per heavy atom. The molecule has 0 saturated carbocycles. The maximum atomic E-state index is 6.21. The molecule has 1 saturated heterocycles. The molecule has 0 amide bonds. The van der Waals surface area contributed by atoms with Crippen LogP contribution in [0.3, 0.4) is 0 Å². The molecular weight excluding hydrogens is 350 g/mol. The second-order valence-corrected chi connectivity index (χ2v) is 7.46. The monoisotopic (exact) mass is 368 g/mol. The summed E-state index contributed by atoms with van der Waals surface area (Å²) in [7, 11) is -0.517. The van der Waals surface area contributed by atoms with Crippen LogP contribution < -0.4 is 5.73 Å². The Hall–Kier alpha value is -1.12. The Morgan fingerprint density at radius 3 is 2.46 bits per heavy atom. The van der Waals surface area contributed by atoms with Crippen LogP contribution >= 0.6 is 23.2 Å². The van der Waals surface area contributed by atoms with Gasteiger partial charge in [-0.05, 0) is 44.8 Å². The Labute approximate surface area is 150 Å². The average Bonchev–Trinajstić information content (AvgIpc) is 2.94. The van der Waals surface area contributed by atoms with Crippen molar-refractivity contribution in [3.63, 3.8) is 0 Å². The highest BCUT2D eigenvalue weighted by atomic mass is 35.5. The standard InChI is InChI=1S/C15H19BCl2N4O2/c1-14(2)15(3,4)24-16(23-14)9(6-19)5-8-7-20-12-10(8)11(17)21-13(18)22-12/h5,7H,6,19H2,1-4H3,(H,20,21,22).